The molecule has 0 saturated heterocycles. The number of rotatable bonds is 4. The summed E-state index contributed by atoms with van der Waals surface area (Å²) in [5, 5.41) is 7.55. The zero-order chi connectivity index (χ0) is 31.6. The van der Waals surface area contributed by atoms with E-state index in [1.54, 1.807) is 0 Å². The monoisotopic (exact) mass is 680 g/mol. The molecule has 0 saturated carbocycles. The topological polar surface area (TPSA) is 64.7 Å². The van der Waals surface area contributed by atoms with Crippen LogP contribution in [0.5, 0.6) is 0 Å². The molecule has 0 bridgehead atoms. The summed E-state index contributed by atoms with van der Waals surface area (Å²) in [6.07, 6.45) is 0. The Labute approximate surface area is 280 Å². The van der Waals surface area contributed by atoms with Crippen LogP contribution in [0.1, 0.15) is 0 Å². The zero-order valence-electron chi connectivity index (χ0n) is 25.5. The molecule has 0 amide bonds. The molecule has 224 valence electrons. The molecule has 0 fully saturated rings. The summed E-state index contributed by atoms with van der Waals surface area (Å²) in [6, 6.07) is 50.1. The third kappa shape index (κ3) is 4.38. The van der Waals surface area contributed by atoms with Crippen molar-refractivity contribution in [1.29, 1.82) is 0 Å². The fourth-order valence-electron chi connectivity index (χ4n) is 6.68. The van der Waals surface area contributed by atoms with E-state index in [1.165, 1.54) is 40.8 Å². The van der Waals surface area contributed by atoms with E-state index in [4.69, 9.17) is 24.4 Å². The van der Waals surface area contributed by atoms with Gasteiger partial charge in [-0.05, 0) is 0 Å². The van der Waals surface area contributed by atoms with Gasteiger partial charge in [-0.25, -0.2) is 0 Å². The Hall–Kier alpha value is -5.94. The van der Waals surface area contributed by atoms with Crippen LogP contribution in [-0.4, -0.2) is 34.4 Å². The number of hydrogen-bond donors (Lipinski definition) is 0. The maximum atomic E-state index is 6.51. The minimum atomic E-state index is 0.189. The summed E-state index contributed by atoms with van der Waals surface area (Å²) in [5.41, 5.74) is 5.30. The summed E-state index contributed by atoms with van der Waals surface area (Å²) < 4.78 is 9.24. The van der Waals surface area contributed by atoms with Gasteiger partial charge in [-0.15, -0.1) is 0 Å². The summed E-state index contributed by atoms with van der Waals surface area (Å²) in [7, 11) is 0. The van der Waals surface area contributed by atoms with E-state index in [0.717, 1.165) is 33.4 Å². The van der Waals surface area contributed by atoms with Gasteiger partial charge >= 0.3 is 221 Å². The van der Waals surface area contributed by atoms with Crippen LogP contribution in [0.15, 0.2) is 150 Å². The van der Waals surface area contributed by atoms with Gasteiger partial charge in [-0.1, -0.05) is 60.7 Å². The van der Waals surface area contributed by atoms with E-state index in [-0.39, 0.29) is 14.5 Å². The first kappa shape index (κ1) is 27.2. The molecule has 48 heavy (non-hydrogen) atoms. The molecule has 10 aromatic rings. The van der Waals surface area contributed by atoms with Crippen molar-refractivity contribution in [2.75, 3.05) is 0 Å². The maximum absolute atomic E-state index is 6.51. The summed E-state index contributed by atoms with van der Waals surface area (Å²) in [4.78, 5) is 19.9. The molecule has 0 radical (unpaired) electrons. The van der Waals surface area contributed by atoms with Crippen LogP contribution in [0, 0.1) is 0 Å². The smallest absolute Gasteiger partial charge is 0.0512 e. The average Bonchev–Trinajstić information content (AvgIpc) is 3.77. The van der Waals surface area contributed by atoms with E-state index in [0.29, 0.717) is 23.4 Å². The fourth-order valence-corrected chi connectivity index (χ4v) is 9.03. The average molecular weight is 680 g/mol. The van der Waals surface area contributed by atoms with Gasteiger partial charge < -0.3 is 0 Å². The Morgan fingerprint density at radius 1 is 0.417 bits per heavy atom. The van der Waals surface area contributed by atoms with Crippen LogP contribution in [0.3, 0.4) is 0 Å². The fraction of sp³-hybridized carbons (Fsp3) is 0. The molecule has 10 rings (SSSR count). The van der Waals surface area contributed by atoms with Gasteiger partial charge in [0.1, 0.15) is 0 Å². The molecule has 7 aromatic carbocycles. The summed E-state index contributed by atoms with van der Waals surface area (Å²) >= 11 is 0.189. The largest absolute Gasteiger partial charge is 0.0615 e. The Morgan fingerprint density at radius 3 is 1.77 bits per heavy atom. The van der Waals surface area contributed by atoms with Crippen molar-refractivity contribution in [3.8, 4) is 45.6 Å². The van der Waals surface area contributed by atoms with Crippen molar-refractivity contribution >= 4 is 66.4 Å². The number of aromatic nitrogens is 4. The molecule has 0 aliphatic rings. The number of fused-ring (bicyclic) bond motifs is 9. The summed E-state index contributed by atoms with van der Waals surface area (Å²) in [6.45, 7) is 0. The Kier molecular flexibility index (Phi) is 6.13. The normalized spacial score (nSPS) is 11.8. The molecule has 3 heterocycles. The number of oxazole rings is 1. The first-order valence-corrected chi connectivity index (χ1v) is 17.5. The molecule has 0 unspecified atom stereocenters. The third-order valence-corrected chi connectivity index (χ3v) is 11.3. The van der Waals surface area contributed by atoms with Gasteiger partial charge in [0.2, 0.25) is 0 Å². The van der Waals surface area contributed by atoms with E-state index >= 15 is 0 Å². The number of hydrogen-bond acceptors (Lipinski definition) is 5. The predicted molar refractivity (Wildman–Crippen MR) is 196 cm³/mol. The van der Waals surface area contributed by atoms with Crippen LogP contribution in [0.25, 0.3) is 97.6 Å². The van der Waals surface area contributed by atoms with Gasteiger partial charge in [0, 0.05) is 0 Å². The Bertz CT molecular complexity index is 2780. The molecule has 0 aliphatic carbocycles. The van der Waals surface area contributed by atoms with E-state index < -0.39 is 0 Å². The first-order chi connectivity index (χ1) is 23.8. The van der Waals surface area contributed by atoms with Gasteiger partial charge in [0.15, 0.2) is 0 Å². The molecule has 5 nitrogen and oxygen atoms in total. The van der Waals surface area contributed by atoms with Gasteiger partial charge in [0.05, 0.1) is 0 Å². The van der Waals surface area contributed by atoms with Crippen molar-refractivity contribution in [2.45, 2.75) is 0 Å². The quantitative estimate of drug-likeness (QED) is 0.137. The van der Waals surface area contributed by atoms with Crippen molar-refractivity contribution in [1.82, 2.24) is 19.9 Å². The van der Waals surface area contributed by atoms with Crippen LogP contribution < -0.4 is 0 Å². The minimum Gasteiger partial charge on any atom is -0.0615 e. The molecule has 0 spiro atoms. The minimum absolute atomic E-state index is 0.189. The maximum Gasteiger partial charge on any atom is -0.0512 e. The second-order valence-electron chi connectivity index (χ2n) is 11.8. The number of nitrogens with zero attached hydrogens (tertiary/aromatic N) is 4. The molecule has 0 aliphatic heterocycles. The van der Waals surface area contributed by atoms with Crippen molar-refractivity contribution in [2.24, 2.45) is 0 Å². The predicted octanol–water partition coefficient (Wildman–Crippen LogP) is 10.4. The van der Waals surface area contributed by atoms with E-state index in [2.05, 4.69) is 66.7 Å². The molecule has 3 aromatic heterocycles. The van der Waals surface area contributed by atoms with Crippen molar-refractivity contribution in [3.63, 3.8) is 0 Å². The van der Waals surface area contributed by atoms with E-state index in [9.17, 15) is 0 Å². The standard InChI is InChI=1S/C42H24N4OSe/c1-3-11-27(12-4-1)39-44-40(28-13-5-2-6-14-28)46-41(45-39)29-15-9-16-30(24-29)42-43-38-32(47-42)21-23-34-37(38)36-33(48-34)22-20-26-19-18-25-10-7-8-17-31(25)35(26)36/h1-24H. The van der Waals surface area contributed by atoms with Gasteiger partial charge in [-0.2, -0.15) is 0 Å². The van der Waals surface area contributed by atoms with Gasteiger partial charge in [0.25, 0.3) is 0 Å². The third-order valence-electron chi connectivity index (χ3n) is 8.93. The number of benzene rings is 7. The van der Waals surface area contributed by atoms with Crippen LogP contribution in [0.4, 0.5) is 0 Å². The van der Waals surface area contributed by atoms with Gasteiger partial charge in [-0.3, -0.25) is 0 Å². The van der Waals surface area contributed by atoms with E-state index in [1.807, 2.05) is 78.9 Å². The first-order valence-electron chi connectivity index (χ1n) is 15.8. The van der Waals surface area contributed by atoms with Crippen molar-refractivity contribution < 1.29 is 4.42 Å². The van der Waals surface area contributed by atoms with Crippen molar-refractivity contribution in [3.05, 3.63) is 146 Å². The zero-order valence-corrected chi connectivity index (χ0v) is 27.2. The SMILES string of the molecule is c1ccc(-c2nc(-c3ccccc3)nc(-c3cccc(-c4nc5c(ccc6[se]c7ccc8ccc9ccccc9c8c7c65)o4)c3)n2)cc1. The molecule has 6 heteroatoms. The molecular formula is C42H24N4OSe. The Morgan fingerprint density at radius 2 is 1.00 bits per heavy atom. The second kappa shape index (κ2) is 10.8. The summed E-state index contributed by atoms with van der Waals surface area (Å²) in [5.74, 6) is 2.42. The van der Waals surface area contributed by atoms with Crippen LogP contribution in [0.2, 0.25) is 0 Å². The Balaban J connectivity index is 1.16. The molecule has 0 atom stereocenters. The van der Waals surface area contributed by atoms with Crippen LogP contribution in [-0.2, 0) is 0 Å². The second-order valence-corrected chi connectivity index (χ2v) is 14.1. The molecular weight excluding hydrogens is 655 g/mol. The molecule has 0 N–H and O–H groups in total. The van der Waals surface area contributed by atoms with Crippen LogP contribution >= 0.6 is 0 Å².